The van der Waals surface area contributed by atoms with Crippen molar-refractivity contribution < 1.29 is 0 Å². The Labute approximate surface area is 129 Å². The summed E-state index contributed by atoms with van der Waals surface area (Å²) in [5.41, 5.74) is 3.89. The van der Waals surface area contributed by atoms with E-state index in [-0.39, 0.29) is 0 Å². The van der Waals surface area contributed by atoms with Gasteiger partial charge in [0.15, 0.2) is 0 Å². The van der Waals surface area contributed by atoms with Gasteiger partial charge >= 0.3 is 0 Å². The minimum absolute atomic E-state index is 1.23. The third-order valence-electron chi connectivity index (χ3n) is 2.83. The Morgan fingerprint density at radius 3 is 1.67 bits per heavy atom. The molecule has 0 atom stereocenters. The molecule has 2 aromatic rings. The highest BCUT2D eigenvalue weighted by Crippen LogP contribution is 2.00. The monoisotopic (exact) mass is 276 g/mol. The van der Waals surface area contributed by atoms with Gasteiger partial charge in [0, 0.05) is 0 Å². The summed E-state index contributed by atoms with van der Waals surface area (Å²) in [4.78, 5) is 0. The molecule has 0 amide bonds. The first-order valence-corrected chi connectivity index (χ1v) is 7.26. The minimum atomic E-state index is 1.23. The number of allylic oxidation sites excluding steroid dienone is 5. The van der Waals surface area contributed by atoms with E-state index in [1.54, 1.807) is 0 Å². The zero-order valence-electron chi connectivity index (χ0n) is 13.2. The molecule has 0 saturated heterocycles. The van der Waals surface area contributed by atoms with Crippen molar-refractivity contribution in [3.05, 3.63) is 102 Å². The summed E-state index contributed by atoms with van der Waals surface area (Å²) in [5.74, 6) is 0. The van der Waals surface area contributed by atoms with E-state index >= 15 is 0 Å². The summed E-state index contributed by atoms with van der Waals surface area (Å²) in [6, 6.07) is 18.7. The van der Waals surface area contributed by atoms with Gasteiger partial charge in [0.25, 0.3) is 0 Å². The predicted molar refractivity (Wildman–Crippen MR) is 95.3 cm³/mol. The van der Waals surface area contributed by atoms with Crippen molar-refractivity contribution in [1.82, 2.24) is 0 Å². The highest BCUT2D eigenvalue weighted by Gasteiger charge is 1.80. The van der Waals surface area contributed by atoms with Crippen LogP contribution in [-0.4, -0.2) is 0 Å². The molecular formula is C21H24. The molecule has 0 heterocycles. The second-order valence-electron chi connectivity index (χ2n) is 4.84. The lowest BCUT2D eigenvalue weighted by atomic mass is 10.2. The SMILES string of the molecule is C/C=C/C=C\C=C/c1ccccc1.Cc1ccc(C)cc1. The number of hydrogen-bond donors (Lipinski definition) is 0. The Morgan fingerprint density at radius 2 is 1.14 bits per heavy atom. The molecule has 0 unspecified atom stereocenters. The summed E-state index contributed by atoms with van der Waals surface area (Å²) >= 11 is 0. The van der Waals surface area contributed by atoms with Crippen molar-refractivity contribution in [2.45, 2.75) is 20.8 Å². The Balaban J connectivity index is 0.000000235. The van der Waals surface area contributed by atoms with Crippen LogP contribution in [0.15, 0.2) is 85.0 Å². The molecular weight excluding hydrogens is 252 g/mol. The van der Waals surface area contributed by atoms with Crippen molar-refractivity contribution in [3.8, 4) is 0 Å². The molecule has 0 aliphatic carbocycles. The van der Waals surface area contributed by atoms with E-state index < -0.39 is 0 Å². The molecule has 108 valence electrons. The van der Waals surface area contributed by atoms with E-state index in [0.29, 0.717) is 0 Å². The van der Waals surface area contributed by atoms with Crippen LogP contribution in [0.3, 0.4) is 0 Å². The van der Waals surface area contributed by atoms with Gasteiger partial charge in [0.1, 0.15) is 0 Å². The molecule has 0 heteroatoms. The average molecular weight is 276 g/mol. The summed E-state index contributed by atoms with van der Waals surface area (Å²) in [5, 5.41) is 0. The lowest BCUT2D eigenvalue weighted by molar-refractivity contribution is 1.40. The first kappa shape index (κ1) is 16.7. The van der Waals surface area contributed by atoms with E-state index in [1.165, 1.54) is 16.7 Å². The highest BCUT2D eigenvalue weighted by molar-refractivity contribution is 5.50. The van der Waals surface area contributed by atoms with Crippen molar-refractivity contribution in [1.29, 1.82) is 0 Å². The van der Waals surface area contributed by atoms with E-state index in [4.69, 9.17) is 0 Å². The summed E-state index contributed by atoms with van der Waals surface area (Å²) < 4.78 is 0. The fourth-order valence-corrected chi connectivity index (χ4v) is 1.61. The largest absolute Gasteiger partial charge is 0.0877 e. The molecule has 0 spiro atoms. The first-order valence-electron chi connectivity index (χ1n) is 7.26. The second-order valence-corrected chi connectivity index (χ2v) is 4.84. The lowest BCUT2D eigenvalue weighted by Gasteiger charge is -1.90. The van der Waals surface area contributed by atoms with Crippen LogP contribution in [0.1, 0.15) is 23.6 Å². The number of rotatable bonds is 3. The quantitative estimate of drug-likeness (QED) is 0.591. The van der Waals surface area contributed by atoms with Crippen molar-refractivity contribution >= 4 is 6.08 Å². The van der Waals surface area contributed by atoms with Crippen molar-refractivity contribution in [2.24, 2.45) is 0 Å². The zero-order chi connectivity index (χ0) is 15.3. The van der Waals surface area contributed by atoms with Crippen molar-refractivity contribution in [2.75, 3.05) is 0 Å². The molecule has 0 aliphatic heterocycles. The number of benzene rings is 2. The molecule has 2 aromatic carbocycles. The Bertz CT molecular complexity index is 548. The van der Waals surface area contributed by atoms with E-state index in [1.807, 2.05) is 55.5 Å². The number of aryl methyl sites for hydroxylation is 2. The van der Waals surface area contributed by atoms with Crippen LogP contribution in [-0.2, 0) is 0 Å². The lowest BCUT2D eigenvalue weighted by Crippen LogP contribution is -1.70. The van der Waals surface area contributed by atoms with Crippen molar-refractivity contribution in [3.63, 3.8) is 0 Å². The van der Waals surface area contributed by atoms with Crippen LogP contribution >= 0.6 is 0 Å². The molecule has 0 radical (unpaired) electrons. The molecule has 0 N–H and O–H groups in total. The maximum Gasteiger partial charge on any atom is -0.0257 e. The van der Waals surface area contributed by atoms with Crippen LogP contribution < -0.4 is 0 Å². The summed E-state index contributed by atoms with van der Waals surface area (Å²) in [7, 11) is 0. The fraction of sp³-hybridized carbons (Fsp3) is 0.143. The van der Waals surface area contributed by atoms with Gasteiger partial charge in [-0.2, -0.15) is 0 Å². The van der Waals surface area contributed by atoms with E-state index in [9.17, 15) is 0 Å². The normalized spacial score (nSPS) is 11.0. The first-order chi connectivity index (χ1) is 10.2. The third-order valence-corrected chi connectivity index (χ3v) is 2.83. The zero-order valence-corrected chi connectivity index (χ0v) is 13.2. The van der Waals surface area contributed by atoms with Gasteiger partial charge in [0.05, 0.1) is 0 Å². The fourth-order valence-electron chi connectivity index (χ4n) is 1.61. The van der Waals surface area contributed by atoms with Crippen LogP contribution in [0.4, 0.5) is 0 Å². The van der Waals surface area contributed by atoms with Gasteiger partial charge in [-0.1, -0.05) is 102 Å². The Hall–Kier alpha value is -2.34. The maximum atomic E-state index is 2.12. The van der Waals surface area contributed by atoms with Gasteiger partial charge < -0.3 is 0 Å². The smallest absolute Gasteiger partial charge is 0.0257 e. The summed E-state index contributed by atoms with van der Waals surface area (Å²) in [6.07, 6.45) is 12.2. The van der Waals surface area contributed by atoms with E-state index in [2.05, 4.69) is 56.3 Å². The molecule has 21 heavy (non-hydrogen) atoms. The topological polar surface area (TPSA) is 0 Å². The Morgan fingerprint density at radius 1 is 0.619 bits per heavy atom. The molecule has 2 rings (SSSR count). The number of hydrogen-bond acceptors (Lipinski definition) is 0. The third kappa shape index (κ3) is 8.43. The van der Waals surface area contributed by atoms with E-state index in [0.717, 1.165) is 0 Å². The second kappa shape index (κ2) is 10.4. The van der Waals surface area contributed by atoms with Crippen LogP contribution in [0.25, 0.3) is 6.08 Å². The highest BCUT2D eigenvalue weighted by atomic mass is 13.9. The molecule has 0 aliphatic rings. The van der Waals surface area contributed by atoms with Gasteiger partial charge in [0.2, 0.25) is 0 Å². The summed E-state index contributed by atoms with van der Waals surface area (Å²) in [6.45, 7) is 6.20. The van der Waals surface area contributed by atoms with Gasteiger partial charge in [-0.25, -0.2) is 0 Å². The van der Waals surface area contributed by atoms with Crippen LogP contribution in [0.2, 0.25) is 0 Å². The molecule has 0 nitrogen and oxygen atoms in total. The molecule has 0 saturated carbocycles. The minimum Gasteiger partial charge on any atom is -0.0877 e. The average Bonchev–Trinajstić information content (AvgIpc) is 2.52. The van der Waals surface area contributed by atoms with Gasteiger partial charge in [-0.3, -0.25) is 0 Å². The predicted octanol–water partition coefficient (Wildman–Crippen LogP) is 6.14. The Kier molecular flexibility index (Phi) is 8.32. The maximum absolute atomic E-state index is 2.12. The van der Waals surface area contributed by atoms with Crippen LogP contribution in [0.5, 0.6) is 0 Å². The van der Waals surface area contributed by atoms with Crippen LogP contribution in [0, 0.1) is 13.8 Å². The van der Waals surface area contributed by atoms with Gasteiger partial charge in [-0.05, 0) is 26.3 Å². The standard InChI is InChI=1S/C13H14.C8H10/c1-2-3-4-5-7-10-13-11-8-6-9-12-13;1-7-3-5-8(2)6-4-7/h2-12H,1H3;3-6H,1-2H3/b3-2+,5-4-,10-7-;. The molecule has 0 fully saturated rings. The molecule has 0 bridgehead atoms. The van der Waals surface area contributed by atoms with Gasteiger partial charge in [-0.15, -0.1) is 0 Å². The molecule has 0 aromatic heterocycles.